The Hall–Kier alpha value is -1.06. The average Bonchev–Trinajstić information content (AvgIpc) is 2.81. The van der Waals surface area contributed by atoms with Crippen LogP contribution in [0.4, 0.5) is 0 Å². The zero-order valence-electron chi connectivity index (χ0n) is 9.87. The molecule has 0 spiro atoms. The van der Waals surface area contributed by atoms with Gasteiger partial charge < -0.3 is 10.2 Å². The lowest BCUT2D eigenvalue weighted by Crippen LogP contribution is -2.33. The van der Waals surface area contributed by atoms with Crippen molar-refractivity contribution < 1.29 is 9.59 Å². The second kappa shape index (κ2) is 4.85. The van der Waals surface area contributed by atoms with E-state index in [-0.39, 0.29) is 17.7 Å². The van der Waals surface area contributed by atoms with E-state index in [9.17, 15) is 9.59 Å². The van der Waals surface area contributed by atoms with Crippen molar-refractivity contribution in [2.24, 2.45) is 11.8 Å². The molecule has 0 aromatic heterocycles. The lowest BCUT2D eigenvalue weighted by atomic mass is 10.3. The molecule has 2 aliphatic rings. The Morgan fingerprint density at radius 1 is 1.31 bits per heavy atom. The third kappa shape index (κ3) is 2.74. The molecule has 0 aromatic rings. The molecule has 1 saturated heterocycles. The second-order valence-electron chi connectivity index (χ2n) is 4.95. The van der Waals surface area contributed by atoms with Gasteiger partial charge in [0.15, 0.2) is 0 Å². The molecule has 16 heavy (non-hydrogen) atoms. The summed E-state index contributed by atoms with van der Waals surface area (Å²) in [6.07, 6.45) is 3.70. The number of hydrogen-bond acceptors (Lipinski definition) is 2. The maximum atomic E-state index is 11.7. The van der Waals surface area contributed by atoms with Gasteiger partial charge in [0.05, 0.1) is 0 Å². The highest BCUT2D eigenvalue weighted by molar-refractivity contribution is 5.82. The summed E-state index contributed by atoms with van der Waals surface area (Å²) in [6, 6.07) is 0. The molecule has 0 aromatic carbocycles. The summed E-state index contributed by atoms with van der Waals surface area (Å²) in [5.74, 6) is 1.06. The Morgan fingerprint density at radius 2 is 1.94 bits per heavy atom. The summed E-state index contributed by atoms with van der Waals surface area (Å²) >= 11 is 0. The molecule has 0 bridgehead atoms. The Morgan fingerprint density at radius 3 is 2.50 bits per heavy atom. The standard InChI is InChI=1S/C12H20N2O2/c1-9-8-10(9)12(16)13-5-4-11(15)14-6-2-3-7-14/h9-10H,2-8H2,1H3,(H,13,16). The molecular formula is C12H20N2O2. The van der Waals surface area contributed by atoms with Crippen LogP contribution in [0.3, 0.4) is 0 Å². The molecule has 1 saturated carbocycles. The van der Waals surface area contributed by atoms with E-state index in [1.54, 1.807) is 0 Å². The number of carbonyl (C=O) groups is 2. The van der Waals surface area contributed by atoms with Gasteiger partial charge in [-0.3, -0.25) is 9.59 Å². The number of nitrogens with zero attached hydrogens (tertiary/aromatic N) is 1. The van der Waals surface area contributed by atoms with Gasteiger partial charge in [-0.2, -0.15) is 0 Å². The molecule has 2 fully saturated rings. The third-order valence-electron chi connectivity index (χ3n) is 3.54. The number of nitrogens with one attached hydrogen (secondary N) is 1. The van der Waals surface area contributed by atoms with Crippen molar-refractivity contribution in [3.63, 3.8) is 0 Å². The maximum absolute atomic E-state index is 11.7. The third-order valence-corrected chi connectivity index (χ3v) is 3.54. The van der Waals surface area contributed by atoms with E-state index in [1.807, 2.05) is 4.90 Å². The van der Waals surface area contributed by atoms with Crippen LogP contribution in [-0.2, 0) is 9.59 Å². The summed E-state index contributed by atoms with van der Waals surface area (Å²) in [5, 5.41) is 2.84. The predicted octanol–water partition coefficient (Wildman–Crippen LogP) is 0.771. The van der Waals surface area contributed by atoms with Crippen LogP contribution in [0.1, 0.15) is 32.6 Å². The molecule has 1 aliphatic heterocycles. The smallest absolute Gasteiger partial charge is 0.224 e. The van der Waals surface area contributed by atoms with Crippen molar-refractivity contribution in [1.82, 2.24) is 10.2 Å². The quantitative estimate of drug-likeness (QED) is 0.767. The number of hydrogen-bond donors (Lipinski definition) is 1. The van der Waals surface area contributed by atoms with Crippen LogP contribution >= 0.6 is 0 Å². The van der Waals surface area contributed by atoms with Crippen LogP contribution < -0.4 is 5.32 Å². The average molecular weight is 224 g/mol. The molecule has 1 heterocycles. The number of carbonyl (C=O) groups excluding carboxylic acids is 2. The molecule has 1 N–H and O–H groups in total. The van der Waals surface area contributed by atoms with Crippen molar-refractivity contribution in [2.75, 3.05) is 19.6 Å². The highest BCUT2D eigenvalue weighted by atomic mass is 16.2. The maximum Gasteiger partial charge on any atom is 0.224 e. The number of likely N-dealkylation sites (tertiary alicyclic amines) is 1. The zero-order valence-corrected chi connectivity index (χ0v) is 9.87. The van der Waals surface area contributed by atoms with Crippen molar-refractivity contribution in [3.05, 3.63) is 0 Å². The predicted molar refractivity (Wildman–Crippen MR) is 60.7 cm³/mol. The van der Waals surface area contributed by atoms with Crippen LogP contribution in [0.25, 0.3) is 0 Å². The topological polar surface area (TPSA) is 49.4 Å². The van der Waals surface area contributed by atoms with Crippen LogP contribution in [0.2, 0.25) is 0 Å². The number of rotatable bonds is 4. The zero-order chi connectivity index (χ0) is 11.5. The van der Waals surface area contributed by atoms with Gasteiger partial charge in [0.25, 0.3) is 0 Å². The van der Waals surface area contributed by atoms with Crippen molar-refractivity contribution in [3.8, 4) is 0 Å². The van der Waals surface area contributed by atoms with Crippen LogP contribution in [0.15, 0.2) is 0 Å². The van der Waals surface area contributed by atoms with Crippen LogP contribution in [0, 0.1) is 11.8 Å². The van der Waals surface area contributed by atoms with Gasteiger partial charge in [-0.05, 0) is 25.2 Å². The first kappa shape index (κ1) is 11.4. The first-order valence-electron chi connectivity index (χ1n) is 6.24. The van der Waals surface area contributed by atoms with Gasteiger partial charge in [-0.25, -0.2) is 0 Å². The molecule has 4 nitrogen and oxygen atoms in total. The molecule has 90 valence electrons. The first-order valence-corrected chi connectivity index (χ1v) is 6.24. The lowest BCUT2D eigenvalue weighted by Gasteiger charge is -2.15. The van der Waals surface area contributed by atoms with Crippen molar-refractivity contribution in [1.29, 1.82) is 0 Å². The van der Waals surface area contributed by atoms with E-state index in [0.717, 1.165) is 32.4 Å². The summed E-state index contributed by atoms with van der Waals surface area (Å²) in [4.78, 5) is 25.0. The van der Waals surface area contributed by atoms with E-state index >= 15 is 0 Å². The van der Waals surface area contributed by atoms with Crippen molar-refractivity contribution in [2.45, 2.75) is 32.6 Å². The van der Waals surface area contributed by atoms with E-state index < -0.39 is 0 Å². The molecule has 4 heteroatoms. The van der Waals surface area contributed by atoms with E-state index in [1.165, 1.54) is 0 Å². The molecular weight excluding hydrogens is 204 g/mol. The summed E-state index contributed by atoms with van der Waals surface area (Å²) in [6.45, 7) is 4.37. The molecule has 2 unspecified atom stereocenters. The first-order chi connectivity index (χ1) is 7.68. The Kier molecular flexibility index (Phi) is 3.46. The minimum absolute atomic E-state index is 0.127. The summed E-state index contributed by atoms with van der Waals surface area (Å²) in [5.41, 5.74) is 0. The summed E-state index contributed by atoms with van der Waals surface area (Å²) in [7, 11) is 0. The van der Waals surface area contributed by atoms with Gasteiger partial charge in [0.2, 0.25) is 11.8 Å². The normalized spacial score (nSPS) is 27.9. The fourth-order valence-corrected chi connectivity index (χ4v) is 2.24. The van der Waals surface area contributed by atoms with Gasteiger partial charge in [0, 0.05) is 32.0 Å². The fourth-order valence-electron chi connectivity index (χ4n) is 2.24. The van der Waals surface area contributed by atoms with Crippen molar-refractivity contribution >= 4 is 11.8 Å². The monoisotopic (exact) mass is 224 g/mol. The van der Waals surface area contributed by atoms with Gasteiger partial charge >= 0.3 is 0 Å². The molecule has 1 aliphatic carbocycles. The molecule has 2 rings (SSSR count). The highest BCUT2D eigenvalue weighted by Crippen LogP contribution is 2.37. The van der Waals surface area contributed by atoms with Gasteiger partial charge in [-0.15, -0.1) is 0 Å². The largest absolute Gasteiger partial charge is 0.355 e. The van der Waals surface area contributed by atoms with Gasteiger partial charge in [-0.1, -0.05) is 6.92 Å². The van der Waals surface area contributed by atoms with E-state index in [2.05, 4.69) is 12.2 Å². The van der Waals surface area contributed by atoms with E-state index in [0.29, 0.717) is 18.9 Å². The van der Waals surface area contributed by atoms with Crippen LogP contribution in [0.5, 0.6) is 0 Å². The highest BCUT2D eigenvalue weighted by Gasteiger charge is 2.38. The lowest BCUT2D eigenvalue weighted by molar-refractivity contribution is -0.130. The van der Waals surface area contributed by atoms with E-state index in [4.69, 9.17) is 0 Å². The summed E-state index contributed by atoms with van der Waals surface area (Å²) < 4.78 is 0. The minimum Gasteiger partial charge on any atom is -0.355 e. The van der Waals surface area contributed by atoms with Crippen LogP contribution in [-0.4, -0.2) is 36.3 Å². The Balaban J connectivity index is 1.60. The Bertz CT molecular complexity index is 285. The minimum atomic E-state index is 0.127. The molecule has 2 amide bonds. The SMILES string of the molecule is CC1CC1C(=O)NCCC(=O)N1CCCC1. The number of amides is 2. The Labute approximate surface area is 96.4 Å². The molecule has 2 atom stereocenters. The second-order valence-corrected chi connectivity index (χ2v) is 4.95. The van der Waals surface area contributed by atoms with Gasteiger partial charge in [0.1, 0.15) is 0 Å². The fraction of sp³-hybridized carbons (Fsp3) is 0.833. The molecule has 0 radical (unpaired) electrons.